The Morgan fingerprint density at radius 1 is 1.53 bits per heavy atom. The second kappa shape index (κ2) is 5.57. The van der Waals surface area contributed by atoms with Gasteiger partial charge in [-0.05, 0) is 38.3 Å². The molecular weight excluding hydrogens is 238 g/mol. The molecular formula is C16H21NO2. The zero-order valence-corrected chi connectivity index (χ0v) is 11.4. The summed E-state index contributed by atoms with van der Waals surface area (Å²) in [5, 5.41) is 10.5. The van der Waals surface area contributed by atoms with Crippen LogP contribution in [0, 0.1) is 0 Å². The van der Waals surface area contributed by atoms with Gasteiger partial charge in [-0.15, -0.1) is 6.58 Å². The van der Waals surface area contributed by atoms with E-state index in [4.69, 9.17) is 0 Å². The lowest BCUT2D eigenvalue weighted by atomic mass is 9.90. The van der Waals surface area contributed by atoms with Gasteiger partial charge in [-0.1, -0.05) is 24.3 Å². The van der Waals surface area contributed by atoms with E-state index in [-0.39, 0.29) is 11.9 Å². The number of likely N-dealkylation sites (tertiary alicyclic amines) is 1. The molecule has 0 aromatic heterocycles. The third-order valence-electron chi connectivity index (χ3n) is 3.81. The lowest BCUT2D eigenvalue weighted by Gasteiger charge is -2.36. The van der Waals surface area contributed by atoms with Crippen molar-refractivity contribution in [2.75, 3.05) is 6.54 Å². The molecule has 0 unspecified atom stereocenters. The lowest BCUT2D eigenvalue weighted by Crippen LogP contribution is -2.49. The summed E-state index contributed by atoms with van der Waals surface area (Å²) in [4.78, 5) is 14.3. The van der Waals surface area contributed by atoms with Crippen molar-refractivity contribution in [1.29, 1.82) is 0 Å². The zero-order valence-electron chi connectivity index (χ0n) is 11.4. The molecule has 0 bridgehead atoms. The van der Waals surface area contributed by atoms with Crippen LogP contribution in [0.2, 0.25) is 0 Å². The number of carbonyl (C=O) groups excluding carboxylic acids is 1. The molecule has 1 amide bonds. The largest absolute Gasteiger partial charge is 0.388 e. The molecule has 0 radical (unpaired) electrons. The van der Waals surface area contributed by atoms with Crippen molar-refractivity contribution in [2.24, 2.45) is 0 Å². The molecule has 1 aliphatic heterocycles. The average Bonchev–Trinajstić information content (AvgIpc) is 2.89. The van der Waals surface area contributed by atoms with Gasteiger partial charge in [-0.3, -0.25) is 4.79 Å². The Morgan fingerprint density at radius 2 is 2.21 bits per heavy atom. The fraction of sp³-hybridized carbons (Fsp3) is 0.438. The fourth-order valence-electron chi connectivity index (χ4n) is 2.83. The van der Waals surface area contributed by atoms with Crippen molar-refractivity contribution in [3.05, 3.63) is 48.6 Å². The van der Waals surface area contributed by atoms with Gasteiger partial charge < -0.3 is 10.0 Å². The number of hydrogen-bond acceptors (Lipinski definition) is 2. The van der Waals surface area contributed by atoms with Gasteiger partial charge in [-0.2, -0.15) is 0 Å². The lowest BCUT2D eigenvalue weighted by molar-refractivity contribution is -0.0112. The highest BCUT2D eigenvalue weighted by molar-refractivity contribution is 5.94. The smallest absolute Gasteiger partial charge is 0.254 e. The number of aliphatic hydroxyl groups is 1. The van der Waals surface area contributed by atoms with Crippen molar-refractivity contribution in [3.8, 4) is 0 Å². The van der Waals surface area contributed by atoms with Crippen molar-refractivity contribution in [3.63, 3.8) is 0 Å². The Hall–Kier alpha value is -1.61. The molecule has 3 nitrogen and oxygen atoms in total. The van der Waals surface area contributed by atoms with E-state index in [1.807, 2.05) is 30.3 Å². The first-order valence-corrected chi connectivity index (χ1v) is 6.75. The first-order valence-electron chi connectivity index (χ1n) is 6.75. The summed E-state index contributed by atoms with van der Waals surface area (Å²) in [6.07, 6.45) is 4.00. The van der Waals surface area contributed by atoms with Crippen LogP contribution in [0.25, 0.3) is 0 Å². The van der Waals surface area contributed by atoms with E-state index in [1.165, 1.54) is 0 Å². The molecule has 19 heavy (non-hydrogen) atoms. The van der Waals surface area contributed by atoms with Crippen LogP contribution in [0.4, 0.5) is 0 Å². The predicted octanol–water partition coefficient (Wildman–Crippen LogP) is 2.62. The highest BCUT2D eigenvalue weighted by Crippen LogP contribution is 2.30. The number of nitrogens with zero attached hydrogens (tertiary/aromatic N) is 1. The quantitative estimate of drug-likeness (QED) is 0.844. The summed E-state index contributed by atoms with van der Waals surface area (Å²) in [6.45, 7) is 6.18. The SMILES string of the molecule is C=CC[C@@](C)(O)[C@@H]1CCCN1C(=O)c1ccccc1. The second-order valence-electron chi connectivity index (χ2n) is 5.37. The third kappa shape index (κ3) is 2.87. The normalized spacial score (nSPS) is 22.0. The summed E-state index contributed by atoms with van der Waals surface area (Å²) in [6, 6.07) is 9.13. The predicted molar refractivity (Wildman–Crippen MR) is 75.9 cm³/mol. The van der Waals surface area contributed by atoms with E-state index in [2.05, 4.69) is 6.58 Å². The summed E-state index contributed by atoms with van der Waals surface area (Å²) >= 11 is 0. The van der Waals surface area contributed by atoms with E-state index in [1.54, 1.807) is 17.9 Å². The fourth-order valence-corrected chi connectivity index (χ4v) is 2.83. The molecule has 102 valence electrons. The molecule has 0 aliphatic carbocycles. The standard InChI is InChI=1S/C16H21NO2/c1-3-11-16(2,19)14-10-7-12-17(14)15(18)13-8-5-4-6-9-13/h3-6,8-9,14,19H,1,7,10-12H2,2H3/t14-,16+/m0/s1. The number of amides is 1. The summed E-state index contributed by atoms with van der Waals surface area (Å²) in [5.41, 5.74) is -0.216. The molecule has 2 atom stereocenters. The molecule has 1 saturated heterocycles. The van der Waals surface area contributed by atoms with Crippen LogP contribution in [0.1, 0.15) is 36.5 Å². The van der Waals surface area contributed by atoms with Crippen LogP contribution in [0.5, 0.6) is 0 Å². The topological polar surface area (TPSA) is 40.5 Å². The molecule has 1 aromatic rings. The number of benzene rings is 1. The monoisotopic (exact) mass is 259 g/mol. The average molecular weight is 259 g/mol. The maximum atomic E-state index is 12.5. The Labute approximate surface area is 114 Å². The third-order valence-corrected chi connectivity index (χ3v) is 3.81. The number of hydrogen-bond donors (Lipinski definition) is 1. The molecule has 2 rings (SSSR count). The molecule has 1 aliphatic rings. The molecule has 1 aromatic carbocycles. The van der Waals surface area contributed by atoms with Crippen molar-refractivity contribution in [1.82, 2.24) is 4.90 Å². The Balaban J connectivity index is 2.19. The van der Waals surface area contributed by atoms with Gasteiger partial charge >= 0.3 is 0 Å². The van der Waals surface area contributed by atoms with Crippen molar-refractivity contribution in [2.45, 2.75) is 37.8 Å². The van der Waals surface area contributed by atoms with E-state index in [0.717, 1.165) is 12.8 Å². The van der Waals surface area contributed by atoms with Gasteiger partial charge in [0.1, 0.15) is 0 Å². The molecule has 1 N–H and O–H groups in total. The maximum absolute atomic E-state index is 12.5. The van der Waals surface area contributed by atoms with Gasteiger partial charge in [0.05, 0.1) is 11.6 Å². The van der Waals surface area contributed by atoms with E-state index < -0.39 is 5.60 Å². The molecule has 1 heterocycles. The highest BCUT2D eigenvalue weighted by Gasteiger charge is 2.40. The van der Waals surface area contributed by atoms with E-state index >= 15 is 0 Å². The van der Waals surface area contributed by atoms with Crippen LogP contribution in [0.3, 0.4) is 0 Å². The van der Waals surface area contributed by atoms with Crippen LogP contribution in [0.15, 0.2) is 43.0 Å². The van der Waals surface area contributed by atoms with Gasteiger partial charge in [0, 0.05) is 12.1 Å². The second-order valence-corrected chi connectivity index (χ2v) is 5.37. The number of rotatable bonds is 4. The maximum Gasteiger partial charge on any atom is 0.254 e. The van der Waals surface area contributed by atoms with Crippen molar-refractivity contribution < 1.29 is 9.90 Å². The number of carbonyl (C=O) groups is 1. The Bertz CT molecular complexity index is 453. The molecule has 3 heteroatoms. The van der Waals surface area contributed by atoms with E-state index in [9.17, 15) is 9.90 Å². The molecule has 0 saturated carbocycles. The summed E-state index contributed by atoms with van der Waals surface area (Å²) < 4.78 is 0. The zero-order chi connectivity index (χ0) is 13.9. The minimum Gasteiger partial charge on any atom is -0.388 e. The van der Waals surface area contributed by atoms with Crippen LogP contribution < -0.4 is 0 Å². The van der Waals surface area contributed by atoms with Crippen LogP contribution in [-0.2, 0) is 0 Å². The van der Waals surface area contributed by atoms with Crippen molar-refractivity contribution >= 4 is 5.91 Å². The van der Waals surface area contributed by atoms with Crippen LogP contribution >= 0.6 is 0 Å². The van der Waals surface area contributed by atoms with Gasteiger partial charge in [0.2, 0.25) is 0 Å². The van der Waals surface area contributed by atoms with E-state index in [0.29, 0.717) is 18.5 Å². The van der Waals surface area contributed by atoms with Gasteiger partial charge in [0.25, 0.3) is 5.91 Å². The highest BCUT2D eigenvalue weighted by atomic mass is 16.3. The minimum absolute atomic E-state index is 0.00689. The summed E-state index contributed by atoms with van der Waals surface area (Å²) in [5.74, 6) is 0.00689. The first kappa shape index (κ1) is 13.8. The molecule has 0 spiro atoms. The minimum atomic E-state index is -0.900. The Morgan fingerprint density at radius 3 is 2.84 bits per heavy atom. The van der Waals surface area contributed by atoms with Crippen LogP contribution in [-0.4, -0.2) is 34.1 Å². The van der Waals surface area contributed by atoms with Gasteiger partial charge in [0.15, 0.2) is 0 Å². The first-order chi connectivity index (χ1) is 9.06. The van der Waals surface area contributed by atoms with Gasteiger partial charge in [-0.25, -0.2) is 0 Å². The molecule has 1 fully saturated rings. The summed E-state index contributed by atoms with van der Waals surface area (Å²) in [7, 11) is 0. The Kier molecular flexibility index (Phi) is 4.05.